The Balaban J connectivity index is 4.65. The van der Waals surface area contributed by atoms with Crippen LogP contribution in [0.1, 0.15) is 12.8 Å². The number of hydrogen-bond acceptors (Lipinski definition) is 4. The summed E-state index contributed by atoms with van der Waals surface area (Å²) in [6.45, 7) is 1.05. The minimum atomic E-state index is -1.24. The summed E-state index contributed by atoms with van der Waals surface area (Å²) in [5.74, 6) is -2.44. The Hall–Kier alpha value is -1.41. The Morgan fingerprint density at radius 1 is 1.28 bits per heavy atom. The lowest BCUT2D eigenvalue weighted by Crippen LogP contribution is -2.49. The number of carboxylic acids is 2. The van der Waals surface area contributed by atoms with Gasteiger partial charge in [0, 0.05) is 6.54 Å². The van der Waals surface area contributed by atoms with Gasteiger partial charge in [-0.25, -0.2) is 4.79 Å². The van der Waals surface area contributed by atoms with Gasteiger partial charge in [0.05, 0.1) is 6.42 Å². The first kappa shape index (κ1) is 16.6. The Kier molecular flexibility index (Phi) is 7.21. The Morgan fingerprint density at radius 3 is 2.17 bits per heavy atom. The quantitative estimate of drug-likeness (QED) is 0.505. The summed E-state index contributed by atoms with van der Waals surface area (Å²) in [5.41, 5.74) is 5.46. The van der Waals surface area contributed by atoms with E-state index >= 15 is 0 Å². The Bertz CT molecular complexity index is 322. The molecule has 0 bridgehead atoms. The molecule has 0 amide bonds. The van der Waals surface area contributed by atoms with E-state index in [1.54, 1.807) is 0 Å². The molecule has 0 aliphatic carbocycles. The van der Waals surface area contributed by atoms with E-state index < -0.39 is 24.4 Å². The molecule has 0 aliphatic rings. The van der Waals surface area contributed by atoms with Crippen LogP contribution in [0.25, 0.3) is 0 Å². The molecule has 0 heterocycles. The highest BCUT2D eigenvalue weighted by Gasteiger charge is 2.28. The predicted molar refractivity (Wildman–Crippen MR) is 70.3 cm³/mol. The molecule has 18 heavy (non-hydrogen) atoms. The van der Waals surface area contributed by atoms with Crippen molar-refractivity contribution in [3.8, 4) is 0 Å². The van der Waals surface area contributed by atoms with Crippen molar-refractivity contribution in [3.63, 3.8) is 0 Å². The lowest BCUT2D eigenvalue weighted by atomic mass is 10.1. The third kappa shape index (κ3) is 6.36. The summed E-state index contributed by atoms with van der Waals surface area (Å²) in [7, 11) is 3.77. The van der Waals surface area contributed by atoms with Crippen molar-refractivity contribution in [3.05, 3.63) is 0 Å². The largest absolute Gasteiger partial charge is 0.481 e. The maximum atomic E-state index is 11.0. The normalized spacial score (nSPS) is 12.2. The first-order chi connectivity index (χ1) is 8.25. The smallest absolute Gasteiger partial charge is 0.327 e. The van der Waals surface area contributed by atoms with Crippen molar-refractivity contribution in [2.75, 3.05) is 27.2 Å². The van der Waals surface area contributed by atoms with Crippen LogP contribution in [0.4, 0.5) is 0 Å². The van der Waals surface area contributed by atoms with Gasteiger partial charge in [-0.3, -0.25) is 4.79 Å². The number of nitrogens with two attached hydrogens (primary N) is 1. The predicted octanol–water partition coefficient (Wildman–Crippen LogP) is -0.588. The number of thiocarbonyl (C=S) groups is 1. The summed E-state index contributed by atoms with van der Waals surface area (Å²) in [6, 6.07) is -1.22. The summed E-state index contributed by atoms with van der Waals surface area (Å²) in [6.07, 6.45) is 0.113. The fourth-order valence-corrected chi connectivity index (χ4v) is 1.69. The molecular weight excluding hydrogens is 258 g/mol. The number of aliphatic carboxylic acids is 2. The number of rotatable bonds is 8. The van der Waals surface area contributed by atoms with Gasteiger partial charge >= 0.3 is 11.9 Å². The zero-order valence-corrected chi connectivity index (χ0v) is 11.3. The van der Waals surface area contributed by atoms with E-state index in [0.29, 0.717) is 13.0 Å². The first-order valence-corrected chi connectivity index (χ1v) is 5.82. The standard InChI is InChI=1S/C10H19N3O4S/c1-12(2)4-3-5-13(10(11)18)7(9(16)17)6-8(14)15/h7H,3-6H2,1-2H3,(H2,11,18)(H,14,15)(H,16,17)/t7-/m0/s1. The maximum absolute atomic E-state index is 11.0. The maximum Gasteiger partial charge on any atom is 0.327 e. The van der Waals surface area contributed by atoms with Gasteiger partial charge in [0.25, 0.3) is 0 Å². The topological polar surface area (TPSA) is 107 Å². The first-order valence-electron chi connectivity index (χ1n) is 5.41. The van der Waals surface area contributed by atoms with Gasteiger partial charge in [0.15, 0.2) is 5.11 Å². The molecule has 0 aromatic carbocycles. The molecule has 0 aromatic heterocycles. The van der Waals surface area contributed by atoms with Crippen LogP contribution in [-0.2, 0) is 9.59 Å². The van der Waals surface area contributed by atoms with E-state index in [4.69, 9.17) is 28.2 Å². The van der Waals surface area contributed by atoms with Crippen LogP contribution >= 0.6 is 12.2 Å². The van der Waals surface area contributed by atoms with Crippen molar-refractivity contribution < 1.29 is 19.8 Å². The van der Waals surface area contributed by atoms with Crippen LogP contribution in [0.3, 0.4) is 0 Å². The molecule has 0 spiro atoms. The van der Waals surface area contributed by atoms with Gasteiger partial charge < -0.3 is 25.7 Å². The van der Waals surface area contributed by atoms with Crippen LogP contribution in [0.5, 0.6) is 0 Å². The molecular formula is C10H19N3O4S. The van der Waals surface area contributed by atoms with Crippen LogP contribution in [0.15, 0.2) is 0 Å². The van der Waals surface area contributed by atoms with E-state index in [0.717, 1.165) is 6.54 Å². The summed E-state index contributed by atoms with van der Waals surface area (Å²) in [5, 5.41) is 17.6. The van der Waals surface area contributed by atoms with Crippen molar-refractivity contribution in [2.45, 2.75) is 18.9 Å². The van der Waals surface area contributed by atoms with E-state index in [1.807, 2.05) is 19.0 Å². The molecule has 0 fully saturated rings. The van der Waals surface area contributed by atoms with Gasteiger partial charge in [-0.05, 0) is 39.3 Å². The molecule has 0 aliphatic heterocycles. The molecule has 0 rings (SSSR count). The molecule has 7 nitrogen and oxygen atoms in total. The lowest BCUT2D eigenvalue weighted by Gasteiger charge is -2.28. The third-order valence-corrected chi connectivity index (χ3v) is 2.55. The van der Waals surface area contributed by atoms with Gasteiger partial charge in [-0.2, -0.15) is 0 Å². The monoisotopic (exact) mass is 277 g/mol. The van der Waals surface area contributed by atoms with Gasteiger partial charge in [-0.1, -0.05) is 0 Å². The van der Waals surface area contributed by atoms with Crippen LogP contribution < -0.4 is 5.73 Å². The molecule has 4 N–H and O–H groups in total. The minimum Gasteiger partial charge on any atom is -0.481 e. The van der Waals surface area contributed by atoms with Gasteiger partial charge in [-0.15, -0.1) is 0 Å². The third-order valence-electron chi connectivity index (χ3n) is 2.32. The Morgan fingerprint density at radius 2 is 1.83 bits per heavy atom. The molecule has 0 unspecified atom stereocenters. The Labute approximate surface area is 111 Å². The highest BCUT2D eigenvalue weighted by Crippen LogP contribution is 2.07. The van der Waals surface area contributed by atoms with Crippen molar-refractivity contribution in [1.82, 2.24) is 9.80 Å². The summed E-state index contributed by atoms with van der Waals surface area (Å²) < 4.78 is 0. The highest BCUT2D eigenvalue weighted by atomic mass is 32.1. The van der Waals surface area contributed by atoms with Crippen molar-refractivity contribution in [1.29, 1.82) is 0 Å². The van der Waals surface area contributed by atoms with Crippen LogP contribution in [0.2, 0.25) is 0 Å². The zero-order chi connectivity index (χ0) is 14.3. The van der Waals surface area contributed by atoms with Crippen molar-refractivity contribution >= 4 is 29.3 Å². The molecule has 1 atom stereocenters. The second-order valence-electron chi connectivity index (χ2n) is 4.14. The molecule has 0 saturated heterocycles. The second kappa shape index (κ2) is 7.83. The van der Waals surface area contributed by atoms with Crippen molar-refractivity contribution in [2.24, 2.45) is 5.73 Å². The molecule has 8 heteroatoms. The van der Waals surface area contributed by atoms with Crippen LogP contribution in [0, 0.1) is 0 Å². The summed E-state index contributed by atoms with van der Waals surface area (Å²) >= 11 is 4.78. The average molecular weight is 277 g/mol. The highest BCUT2D eigenvalue weighted by molar-refractivity contribution is 7.80. The van der Waals surface area contributed by atoms with Crippen LogP contribution in [-0.4, -0.2) is 70.3 Å². The van der Waals surface area contributed by atoms with E-state index in [9.17, 15) is 9.59 Å². The van der Waals surface area contributed by atoms with E-state index in [1.165, 1.54) is 4.90 Å². The lowest BCUT2D eigenvalue weighted by molar-refractivity contribution is -0.148. The molecule has 0 radical (unpaired) electrons. The van der Waals surface area contributed by atoms with Gasteiger partial charge in [0.2, 0.25) is 0 Å². The minimum absolute atomic E-state index is 0.0950. The SMILES string of the molecule is CN(C)CCCN(C(N)=S)[C@@H](CC(=O)O)C(=O)O. The molecule has 104 valence electrons. The van der Waals surface area contributed by atoms with E-state index in [-0.39, 0.29) is 5.11 Å². The molecule has 0 aromatic rings. The fourth-order valence-electron chi connectivity index (χ4n) is 1.47. The number of nitrogens with zero attached hydrogens (tertiary/aromatic N) is 2. The second-order valence-corrected chi connectivity index (χ2v) is 4.56. The number of carbonyl (C=O) groups is 2. The fraction of sp³-hybridized carbons (Fsp3) is 0.700. The number of hydrogen-bond donors (Lipinski definition) is 3. The number of carboxylic acid groups (broad SMARTS) is 2. The molecule has 0 saturated carbocycles. The zero-order valence-electron chi connectivity index (χ0n) is 10.5. The average Bonchev–Trinajstić information content (AvgIpc) is 2.20. The van der Waals surface area contributed by atoms with E-state index in [2.05, 4.69) is 0 Å². The summed E-state index contributed by atoms with van der Waals surface area (Å²) in [4.78, 5) is 24.9. The van der Waals surface area contributed by atoms with Gasteiger partial charge in [0.1, 0.15) is 6.04 Å².